The Kier molecular flexibility index (Phi) is 32.4. The number of unbranched alkanes of at least 4 members (excludes halogenated alkanes) is 16. The summed E-state index contributed by atoms with van der Waals surface area (Å²) >= 11 is 0. The molecule has 0 amide bonds. The van der Waals surface area contributed by atoms with Crippen molar-refractivity contribution in [1.29, 1.82) is 0 Å². The monoisotopic (exact) mass is 723 g/mol. The van der Waals surface area contributed by atoms with E-state index in [9.17, 15) is 14.7 Å². The molecule has 0 aliphatic carbocycles. The molecule has 1 aliphatic rings. The first-order valence-corrected chi connectivity index (χ1v) is 22.2. The standard InChI is InChI=1S/C44H86N2O5/c1-40(2)26-17-9-7-15-23-38-50-43(48)28-19-11-5-13-21-32-45(34-25-35-46-36-30-42(47)31-37-46)33-22-14-6-12-20-29-44(49)51-39-24-16-8-10-18-27-41(3)4/h40-42,47H,5-39H2,1-4H3. The highest BCUT2D eigenvalue weighted by Crippen LogP contribution is 2.15. The van der Waals surface area contributed by atoms with E-state index in [1.165, 1.54) is 109 Å². The summed E-state index contributed by atoms with van der Waals surface area (Å²) in [5.74, 6) is 1.57. The Labute approximate surface area is 316 Å². The second-order valence-corrected chi connectivity index (χ2v) is 16.6. The van der Waals surface area contributed by atoms with Crippen molar-refractivity contribution < 1.29 is 24.2 Å². The van der Waals surface area contributed by atoms with Crippen LogP contribution in [0.15, 0.2) is 0 Å². The van der Waals surface area contributed by atoms with E-state index < -0.39 is 0 Å². The lowest BCUT2D eigenvalue weighted by Gasteiger charge is -2.30. The van der Waals surface area contributed by atoms with Crippen LogP contribution in [0.5, 0.6) is 0 Å². The fourth-order valence-corrected chi connectivity index (χ4v) is 7.15. The molecule has 0 aromatic heterocycles. The van der Waals surface area contributed by atoms with Gasteiger partial charge in [0.05, 0.1) is 19.3 Å². The van der Waals surface area contributed by atoms with Crippen molar-refractivity contribution in [2.75, 3.05) is 52.5 Å². The van der Waals surface area contributed by atoms with Gasteiger partial charge in [0, 0.05) is 25.9 Å². The summed E-state index contributed by atoms with van der Waals surface area (Å²) in [6, 6.07) is 0. The van der Waals surface area contributed by atoms with Crippen LogP contribution in [0.2, 0.25) is 0 Å². The average molecular weight is 723 g/mol. The van der Waals surface area contributed by atoms with Gasteiger partial charge in [0.1, 0.15) is 0 Å². The van der Waals surface area contributed by atoms with Gasteiger partial charge in [0.15, 0.2) is 0 Å². The number of rotatable bonds is 36. The molecule has 0 spiro atoms. The summed E-state index contributed by atoms with van der Waals surface area (Å²) in [7, 11) is 0. The van der Waals surface area contributed by atoms with E-state index in [4.69, 9.17) is 9.47 Å². The number of likely N-dealkylation sites (tertiary alicyclic amines) is 1. The lowest BCUT2D eigenvalue weighted by atomic mass is 10.0. The number of nitrogens with zero attached hydrogens (tertiary/aromatic N) is 2. The molecule has 1 saturated heterocycles. The van der Waals surface area contributed by atoms with Crippen LogP contribution in [0.4, 0.5) is 0 Å². The smallest absolute Gasteiger partial charge is 0.305 e. The molecule has 0 bridgehead atoms. The summed E-state index contributed by atoms with van der Waals surface area (Å²) in [5, 5.41) is 9.84. The molecule has 1 fully saturated rings. The number of carbonyl (C=O) groups excluding carboxylic acids is 2. The van der Waals surface area contributed by atoms with Crippen molar-refractivity contribution in [3.05, 3.63) is 0 Å². The van der Waals surface area contributed by atoms with Gasteiger partial charge in [-0.15, -0.1) is 0 Å². The molecule has 0 atom stereocenters. The van der Waals surface area contributed by atoms with Gasteiger partial charge >= 0.3 is 11.9 Å². The molecule has 302 valence electrons. The number of hydrogen-bond acceptors (Lipinski definition) is 7. The zero-order chi connectivity index (χ0) is 37.2. The fraction of sp³-hybridized carbons (Fsp3) is 0.955. The third-order valence-corrected chi connectivity index (χ3v) is 10.6. The lowest BCUT2D eigenvalue weighted by molar-refractivity contribution is -0.144. The third-order valence-electron chi connectivity index (χ3n) is 10.6. The van der Waals surface area contributed by atoms with Gasteiger partial charge in [-0.1, -0.05) is 130 Å². The number of esters is 2. The summed E-state index contributed by atoms with van der Waals surface area (Å²) < 4.78 is 10.9. The maximum absolute atomic E-state index is 12.1. The number of hydrogen-bond donors (Lipinski definition) is 1. The van der Waals surface area contributed by atoms with E-state index in [0.717, 1.165) is 102 Å². The minimum absolute atomic E-state index is 0.0160. The van der Waals surface area contributed by atoms with Gasteiger partial charge in [-0.25, -0.2) is 0 Å². The maximum Gasteiger partial charge on any atom is 0.305 e. The van der Waals surface area contributed by atoms with Crippen LogP contribution in [0.25, 0.3) is 0 Å². The van der Waals surface area contributed by atoms with E-state index in [1.807, 2.05) is 0 Å². The first-order valence-electron chi connectivity index (χ1n) is 22.2. The maximum atomic E-state index is 12.1. The highest BCUT2D eigenvalue weighted by molar-refractivity contribution is 5.69. The Bertz CT molecular complexity index is 733. The molecule has 1 aliphatic heterocycles. The summed E-state index contributed by atoms with van der Waals surface area (Å²) in [6.07, 6.45) is 30.1. The number of ether oxygens (including phenoxy) is 2. The van der Waals surface area contributed by atoms with Crippen molar-refractivity contribution in [1.82, 2.24) is 9.80 Å². The van der Waals surface area contributed by atoms with E-state index >= 15 is 0 Å². The number of aliphatic hydroxyl groups is 1. The molecule has 1 rings (SSSR count). The second-order valence-electron chi connectivity index (χ2n) is 16.6. The fourth-order valence-electron chi connectivity index (χ4n) is 7.15. The molecule has 0 aromatic carbocycles. The zero-order valence-electron chi connectivity index (χ0n) is 34.5. The molecule has 7 heteroatoms. The van der Waals surface area contributed by atoms with E-state index in [1.54, 1.807) is 0 Å². The van der Waals surface area contributed by atoms with Gasteiger partial charge < -0.3 is 24.4 Å². The van der Waals surface area contributed by atoms with Gasteiger partial charge in [-0.3, -0.25) is 9.59 Å². The summed E-state index contributed by atoms with van der Waals surface area (Å²) in [4.78, 5) is 29.4. The van der Waals surface area contributed by atoms with Crippen molar-refractivity contribution in [3.8, 4) is 0 Å². The molecule has 1 N–H and O–H groups in total. The van der Waals surface area contributed by atoms with Crippen LogP contribution in [-0.4, -0.2) is 85.4 Å². The van der Waals surface area contributed by atoms with Crippen LogP contribution < -0.4 is 0 Å². The Morgan fingerprint density at radius 2 is 0.922 bits per heavy atom. The first kappa shape index (κ1) is 47.8. The highest BCUT2D eigenvalue weighted by atomic mass is 16.5. The Morgan fingerprint density at radius 1 is 0.549 bits per heavy atom. The minimum atomic E-state index is -0.104. The minimum Gasteiger partial charge on any atom is -0.466 e. The van der Waals surface area contributed by atoms with Crippen molar-refractivity contribution in [3.63, 3.8) is 0 Å². The van der Waals surface area contributed by atoms with Crippen molar-refractivity contribution in [2.45, 2.75) is 207 Å². The van der Waals surface area contributed by atoms with Crippen molar-refractivity contribution in [2.24, 2.45) is 11.8 Å². The molecule has 0 unspecified atom stereocenters. The Morgan fingerprint density at radius 3 is 1.37 bits per heavy atom. The van der Waals surface area contributed by atoms with Crippen molar-refractivity contribution >= 4 is 11.9 Å². The molecule has 0 aromatic rings. The van der Waals surface area contributed by atoms with E-state index in [2.05, 4.69) is 37.5 Å². The predicted molar refractivity (Wildman–Crippen MR) is 215 cm³/mol. The predicted octanol–water partition coefficient (Wildman–Crippen LogP) is 10.9. The average Bonchev–Trinajstić information content (AvgIpc) is 3.09. The molecular formula is C44H86N2O5. The van der Waals surface area contributed by atoms with Gasteiger partial charge in [0.2, 0.25) is 0 Å². The largest absolute Gasteiger partial charge is 0.466 e. The number of aliphatic hydroxyl groups excluding tert-OH is 1. The molecule has 0 saturated carbocycles. The van der Waals surface area contributed by atoms with Gasteiger partial charge in [-0.05, 0) is 95.8 Å². The molecular weight excluding hydrogens is 636 g/mol. The molecule has 7 nitrogen and oxygen atoms in total. The zero-order valence-corrected chi connectivity index (χ0v) is 34.5. The molecule has 1 heterocycles. The number of piperidine rings is 1. The van der Waals surface area contributed by atoms with Crippen LogP contribution >= 0.6 is 0 Å². The second kappa shape index (κ2) is 34.6. The van der Waals surface area contributed by atoms with Gasteiger partial charge in [-0.2, -0.15) is 0 Å². The van der Waals surface area contributed by atoms with E-state index in [-0.39, 0.29) is 18.0 Å². The van der Waals surface area contributed by atoms with Crippen LogP contribution in [-0.2, 0) is 19.1 Å². The van der Waals surface area contributed by atoms with Crippen LogP contribution in [0.3, 0.4) is 0 Å². The quantitative estimate of drug-likeness (QED) is 0.0509. The topological polar surface area (TPSA) is 79.3 Å². The van der Waals surface area contributed by atoms with Gasteiger partial charge in [0.25, 0.3) is 0 Å². The lowest BCUT2D eigenvalue weighted by Crippen LogP contribution is -2.38. The highest BCUT2D eigenvalue weighted by Gasteiger charge is 2.16. The Hall–Kier alpha value is -1.18. The number of carbonyl (C=O) groups is 2. The molecule has 0 radical (unpaired) electrons. The van der Waals surface area contributed by atoms with Crippen LogP contribution in [0.1, 0.15) is 201 Å². The van der Waals surface area contributed by atoms with E-state index in [0.29, 0.717) is 26.1 Å². The summed E-state index contributed by atoms with van der Waals surface area (Å²) in [6.45, 7) is 17.0. The molecule has 51 heavy (non-hydrogen) atoms. The van der Waals surface area contributed by atoms with Crippen LogP contribution in [0, 0.1) is 11.8 Å². The SMILES string of the molecule is CC(C)CCCCCCCOC(=O)CCCCCCCN(CCCCCCCC(=O)OCCCCCCCC(C)C)CCCN1CCC(O)CC1. The first-order chi connectivity index (χ1) is 24.8. The normalized spacial score (nSPS) is 14.3. The third kappa shape index (κ3) is 33.1. The Balaban J connectivity index is 2.12. The summed E-state index contributed by atoms with van der Waals surface area (Å²) in [5.41, 5.74) is 0.